The van der Waals surface area contributed by atoms with E-state index in [1.807, 2.05) is 0 Å². The minimum absolute atomic E-state index is 0.251. The molecule has 0 spiro atoms. The van der Waals surface area contributed by atoms with Crippen molar-refractivity contribution in [1.82, 2.24) is 0 Å². The van der Waals surface area contributed by atoms with Crippen LogP contribution in [0.3, 0.4) is 0 Å². The highest BCUT2D eigenvalue weighted by molar-refractivity contribution is 7.86. The van der Waals surface area contributed by atoms with Gasteiger partial charge in [-0.25, -0.2) is 4.18 Å². The minimum Gasteiger partial charge on any atom is -0.322 e. The van der Waals surface area contributed by atoms with E-state index in [1.165, 1.54) is 0 Å². The van der Waals surface area contributed by atoms with Gasteiger partial charge in [0, 0.05) is 0 Å². The fourth-order valence-corrected chi connectivity index (χ4v) is 2.21. The summed E-state index contributed by atoms with van der Waals surface area (Å²) >= 11 is 0. The normalized spacial score (nSPS) is 16.7. The van der Waals surface area contributed by atoms with E-state index in [0.717, 1.165) is 0 Å². The third kappa shape index (κ3) is 4.91. The molecule has 0 radical (unpaired) electrons. The van der Waals surface area contributed by atoms with Crippen LogP contribution in [-0.2, 0) is 18.9 Å². The Morgan fingerprint density at radius 2 is 1.71 bits per heavy atom. The first-order chi connectivity index (χ1) is 5.84. The molecule has 0 saturated carbocycles. The maximum Gasteiger partial charge on any atom is 0.427 e. The molecule has 0 unspecified atom stereocenters. The lowest BCUT2D eigenvalue weighted by atomic mass is 10.7. The molecule has 11 heteroatoms. The Morgan fingerprint density at radius 1 is 1.36 bits per heavy atom. The molecule has 0 rings (SSSR count). The standard InChI is InChI=1S/C3H6F3O6PS/c1-14(10,11)12-2(3(4,5)6)13(7,8)9/h2H,1H3,(H2,7,8,9)/t2-/m1/s1. The van der Waals surface area contributed by atoms with Crippen LogP contribution in [0.5, 0.6) is 0 Å². The molecule has 0 saturated heterocycles. The Morgan fingerprint density at radius 3 is 1.79 bits per heavy atom. The zero-order valence-electron chi connectivity index (χ0n) is 6.59. The van der Waals surface area contributed by atoms with Crippen LogP contribution in [0, 0.1) is 0 Å². The second kappa shape index (κ2) is 3.78. The Kier molecular flexibility index (Phi) is 3.74. The highest BCUT2D eigenvalue weighted by Crippen LogP contribution is 2.50. The molecule has 0 aromatic carbocycles. The predicted octanol–water partition coefficient (Wildman–Crippen LogP) is 0.0287. The lowest BCUT2D eigenvalue weighted by Gasteiger charge is -2.19. The number of halogens is 3. The van der Waals surface area contributed by atoms with Crippen LogP contribution in [0.1, 0.15) is 0 Å². The fraction of sp³-hybridized carbons (Fsp3) is 1.00. The maximum absolute atomic E-state index is 11.9. The Labute approximate surface area is 77.0 Å². The summed E-state index contributed by atoms with van der Waals surface area (Å²) in [7, 11) is -10.3. The van der Waals surface area contributed by atoms with Gasteiger partial charge in [-0.15, -0.1) is 0 Å². The molecule has 0 bridgehead atoms. The number of rotatable bonds is 3. The van der Waals surface area contributed by atoms with Crippen LogP contribution in [0.2, 0.25) is 0 Å². The molecular weight excluding hydrogens is 252 g/mol. The Bertz CT molecular complexity index is 340. The van der Waals surface area contributed by atoms with E-state index < -0.39 is 29.7 Å². The van der Waals surface area contributed by atoms with Gasteiger partial charge in [-0.3, -0.25) is 4.57 Å². The topological polar surface area (TPSA) is 101 Å². The highest BCUT2D eigenvalue weighted by Gasteiger charge is 2.54. The summed E-state index contributed by atoms with van der Waals surface area (Å²) in [5.41, 5.74) is 0. The first kappa shape index (κ1) is 13.8. The predicted molar refractivity (Wildman–Crippen MR) is 37.8 cm³/mol. The molecule has 1 atom stereocenters. The van der Waals surface area contributed by atoms with Gasteiger partial charge in [0.25, 0.3) is 16.0 Å². The van der Waals surface area contributed by atoms with Crippen molar-refractivity contribution >= 4 is 17.7 Å². The molecule has 6 nitrogen and oxygen atoms in total. The Balaban J connectivity index is 5.07. The van der Waals surface area contributed by atoms with Gasteiger partial charge in [0.1, 0.15) is 0 Å². The van der Waals surface area contributed by atoms with Gasteiger partial charge in [0.05, 0.1) is 6.26 Å². The van der Waals surface area contributed by atoms with Crippen molar-refractivity contribution in [3.63, 3.8) is 0 Å². The second-order valence-electron chi connectivity index (χ2n) is 2.28. The van der Waals surface area contributed by atoms with Gasteiger partial charge in [-0.05, 0) is 0 Å². The molecule has 0 amide bonds. The Hall–Kier alpha value is -0.150. The van der Waals surface area contributed by atoms with E-state index in [0.29, 0.717) is 0 Å². The van der Waals surface area contributed by atoms with Crippen molar-refractivity contribution in [3.8, 4) is 0 Å². The van der Waals surface area contributed by atoms with Crippen molar-refractivity contribution in [1.29, 1.82) is 0 Å². The molecule has 86 valence electrons. The molecule has 0 aliphatic rings. The zero-order valence-corrected chi connectivity index (χ0v) is 8.31. The summed E-state index contributed by atoms with van der Waals surface area (Å²) in [5.74, 6) is -3.65. The summed E-state index contributed by atoms with van der Waals surface area (Å²) in [4.78, 5) is 16.4. The van der Waals surface area contributed by atoms with Crippen molar-refractivity contribution < 1.29 is 40.1 Å². The number of hydrogen-bond donors (Lipinski definition) is 2. The van der Waals surface area contributed by atoms with E-state index in [1.54, 1.807) is 0 Å². The van der Waals surface area contributed by atoms with E-state index in [4.69, 9.17) is 9.79 Å². The van der Waals surface area contributed by atoms with Gasteiger partial charge in [0.15, 0.2) is 0 Å². The van der Waals surface area contributed by atoms with Gasteiger partial charge < -0.3 is 9.79 Å². The number of hydrogen-bond acceptors (Lipinski definition) is 4. The molecule has 0 aliphatic heterocycles. The SMILES string of the molecule is CS(=O)(=O)O[C@@H](C(F)(F)F)P(=O)(O)O. The van der Waals surface area contributed by atoms with Crippen LogP contribution < -0.4 is 0 Å². The smallest absolute Gasteiger partial charge is 0.322 e. The largest absolute Gasteiger partial charge is 0.427 e. The van der Waals surface area contributed by atoms with E-state index in [2.05, 4.69) is 4.18 Å². The van der Waals surface area contributed by atoms with E-state index >= 15 is 0 Å². The number of alkyl halides is 3. The van der Waals surface area contributed by atoms with E-state index in [-0.39, 0.29) is 6.26 Å². The molecule has 0 aromatic heterocycles. The summed E-state index contributed by atoms with van der Waals surface area (Å²) in [6.07, 6.45) is -5.20. The second-order valence-corrected chi connectivity index (χ2v) is 5.53. The highest BCUT2D eigenvalue weighted by atomic mass is 32.2. The molecule has 0 heterocycles. The first-order valence-corrected chi connectivity index (χ1v) is 6.34. The van der Waals surface area contributed by atoms with Crippen molar-refractivity contribution in [2.75, 3.05) is 6.26 Å². The third-order valence-corrected chi connectivity index (χ3v) is 2.55. The van der Waals surface area contributed by atoms with Crippen LogP contribution in [-0.4, -0.2) is 36.5 Å². The molecular formula is C3H6F3O6PS. The molecule has 14 heavy (non-hydrogen) atoms. The summed E-state index contributed by atoms with van der Waals surface area (Å²) in [6.45, 7) is 0. The zero-order chi connectivity index (χ0) is 11.8. The average Bonchev–Trinajstić information content (AvgIpc) is 1.75. The lowest BCUT2D eigenvalue weighted by molar-refractivity contribution is -0.172. The van der Waals surface area contributed by atoms with Crippen molar-refractivity contribution in [2.24, 2.45) is 0 Å². The lowest BCUT2D eigenvalue weighted by Crippen LogP contribution is -2.33. The van der Waals surface area contributed by atoms with Crippen molar-refractivity contribution in [2.45, 2.75) is 12.0 Å². The van der Waals surface area contributed by atoms with Crippen LogP contribution in [0.4, 0.5) is 13.2 Å². The molecule has 0 fully saturated rings. The van der Waals surface area contributed by atoms with Gasteiger partial charge in [-0.2, -0.15) is 21.6 Å². The minimum atomic E-state index is -5.72. The summed E-state index contributed by atoms with van der Waals surface area (Å²) in [6, 6.07) is 0. The van der Waals surface area contributed by atoms with Gasteiger partial charge in [0.2, 0.25) is 0 Å². The monoisotopic (exact) mass is 258 g/mol. The first-order valence-electron chi connectivity index (χ1n) is 2.84. The van der Waals surface area contributed by atoms with Crippen LogP contribution in [0.25, 0.3) is 0 Å². The average molecular weight is 258 g/mol. The summed E-state index contributed by atoms with van der Waals surface area (Å²) in [5, 5.41) is 0. The summed E-state index contributed by atoms with van der Waals surface area (Å²) < 4.78 is 69.6. The quantitative estimate of drug-likeness (QED) is 0.547. The molecule has 0 aromatic rings. The molecule has 0 aliphatic carbocycles. The maximum atomic E-state index is 11.9. The fourth-order valence-electron chi connectivity index (χ4n) is 0.467. The molecule has 2 N–H and O–H groups in total. The van der Waals surface area contributed by atoms with E-state index in [9.17, 15) is 26.2 Å². The van der Waals surface area contributed by atoms with Crippen molar-refractivity contribution in [3.05, 3.63) is 0 Å². The van der Waals surface area contributed by atoms with Crippen LogP contribution >= 0.6 is 7.60 Å². The van der Waals surface area contributed by atoms with Gasteiger partial charge in [-0.1, -0.05) is 0 Å². The van der Waals surface area contributed by atoms with Crippen LogP contribution in [0.15, 0.2) is 0 Å². The third-order valence-electron chi connectivity index (χ3n) is 0.851. The van der Waals surface area contributed by atoms with Gasteiger partial charge >= 0.3 is 13.8 Å².